The van der Waals surface area contributed by atoms with Crippen LogP contribution in [0.15, 0.2) is 73.1 Å². The number of aromatic nitrogens is 1. The highest BCUT2D eigenvalue weighted by molar-refractivity contribution is 7.81. The molecule has 0 amide bonds. The molecule has 0 saturated heterocycles. The molecular weight excluding hydrogens is 376 g/mol. The van der Waals surface area contributed by atoms with E-state index in [0.29, 0.717) is 21.3 Å². The second-order valence-corrected chi connectivity index (χ2v) is 7.10. The summed E-state index contributed by atoms with van der Waals surface area (Å²) in [4.78, 5) is 0.397. The zero-order chi connectivity index (χ0) is 19.4. The average molecular weight is 396 g/mol. The van der Waals surface area contributed by atoms with Gasteiger partial charge in [0.05, 0.1) is 5.02 Å². The molecule has 3 aromatic rings. The molecule has 0 radical (unpaired) electrons. The van der Waals surface area contributed by atoms with Crippen LogP contribution in [0.1, 0.15) is 16.7 Å². The Morgan fingerprint density at radius 1 is 1.00 bits per heavy atom. The van der Waals surface area contributed by atoms with E-state index in [1.807, 2.05) is 74.8 Å². The smallest absolute Gasteiger partial charge is 0.288 e. The van der Waals surface area contributed by atoms with Crippen LogP contribution in [0.5, 0.6) is 0 Å². The van der Waals surface area contributed by atoms with Crippen molar-refractivity contribution in [3.63, 3.8) is 0 Å². The number of halogens is 1. The summed E-state index contributed by atoms with van der Waals surface area (Å²) in [5, 5.41) is 14.7. The number of nitrogens with one attached hydrogen (secondary N) is 1. The largest absolute Gasteiger partial charge is 0.502 e. The summed E-state index contributed by atoms with van der Waals surface area (Å²) < 4.78 is 1.80. The van der Waals surface area contributed by atoms with E-state index >= 15 is 0 Å². The Bertz CT molecular complexity index is 1030. The van der Waals surface area contributed by atoms with Crippen molar-refractivity contribution in [2.24, 2.45) is 0 Å². The molecule has 0 atom stereocenters. The third kappa shape index (κ3) is 4.54. The van der Waals surface area contributed by atoms with Crippen LogP contribution in [0.25, 0.3) is 11.5 Å². The Kier molecular flexibility index (Phi) is 5.89. The summed E-state index contributed by atoms with van der Waals surface area (Å²) in [7, 11) is 0. The molecule has 1 heterocycles. The minimum atomic E-state index is 0.0151. The molecule has 5 heteroatoms. The monoisotopic (exact) mass is 395 g/mol. The predicted molar refractivity (Wildman–Crippen MR) is 116 cm³/mol. The Morgan fingerprint density at radius 2 is 1.74 bits per heavy atom. The first kappa shape index (κ1) is 19.1. The van der Waals surface area contributed by atoms with E-state index in [9.17, 15) is 5.11 Å². The SMILES string of the molecule is Cc1cccc(NC(=S)/C(=C(/O)c2ccccc2Cl)[n+]2cccc(C)c2)c1. The summed E-state index contributed by atoms with van der Waals surface area (Å²) >= 11 is 12.0. The van der Waals surface area contributed by atoms with E-state index in [1.54, 1.807) is 16.7 Å². The van der Waals surface area contributed by atoms with Gasteiger partial charge in [0.15, 0.2) is 17.4 Å². The quantitative estimate of drug-likeness (QED) is 0.262. The zero-order valence-electron chi connectivity index (χ0n) is 15.1. The number of thiocarbonyl (C=S) groups is 1. The molecule has 0 spiro atoms. The van der Waals surface area contributed by atoms with Crippen LogP contribution in [0.2, 0.25) is 5.02 Å². The Morgan fingerprint density at radius 3 is 2.44 bits per heavy atom. The zero-order valence-corrected chi connectivity index (χ0v) is 16.7. The highest BCUT2D eigenvalue weighted by Crippen LogP contribution is 2.25. The second-order valence-electron chi connectivity index (χ2n) is 6.29. The lowest BCUT2D eigenvalue weighted by molar-refractivity contribution is -0.576. The van der Waals surface area contributed by atoms with Gasteiger partial charge in [0.25, 0.3) is 5.70 Å². The van der Waals surface area contributed by atoms with E-state index in [2.05, 4.69) is 5.32 Å². The van der Waals surface area contributed by atoms with Gasteiger partial charge in [0, 0.05) is 22.9 Å². The topological polar surface area (TPSA) is 36.1 Å². The number of nitrogens with zero attached hydrogens (tertiary/aromatic N) is 1. The first-order valence-corrected chi connectivity index (χ1v) is 9.29. The molecule has 0 aliphatic heterocycles. The fraction of sp³-hybridized carbons (Fsp3) is 0.0909. The van der Waals surface area contributed by atoms with Crippen LogP contribution in [0.4, 0.5) is 5.69 Å². The molecule has 136 valence electrons. The molecule has 0 saturated carbocycles. The number of aliphatic hydroxyl groups excluding tert-OH is 1. The summed E-state index contributed by atoms with van der Waals surface area (Å²) in [5.41, 5.74) is 4.00. The van der Waals surface area contributed by atoms with E-state index in [-0.39, 0.29) is 5.76 Å². The number of anilines is 1. The molecule has 0 fully saturated rings. The lowest BCUT2D eigenvalue weighted by Gasteiger charge is -2.11. The van der Waals surface area contributed by atoms with Crippen molar-refractivity contribution in [1.29, 1.82) is 0 Å². The van der Waals surface area contributed by atoms with E-state index < -0.39 is 0 Å². The summed E-state index contributed by atoms with van der Waals surface area (Å²) in [5.74, 6) is 0.0151. The van der Waals surface area contributed by atoms with Crippen molar-refractivity contribution in [2.45, 2.75) is 13.8 Å². The summed E-state index contributed by atoms with van der Waals surface area (Å²) in [6.45, 7) is 4.00. The highest BCUT2D eigenvalue weighted by Gasteiger charge is 2.25. The van der Waals surface area contributed by atoms with Gasteiger partial charge >= 0.3 is 0 Å². The number of pyridine rings is 1. The molecule has 2 N–H and O–H groups in total. The average Bonchev–Trinajstić information content (AvgIpc) is 2.62. The van der Waals surface area contributed by atoms with Crippen LogP contribution in [0, 0.1) is 13.8 Å². The van der Waals surface area contributed by atoms with Crippen LogP contribution >= 0.6 is 23.8 Å². The van der Waals surface area contributed by atoms with Gasteiger partial charge in [-0.05, 0) is 49.7 Å². The fourth-order valence-electron chi connectivity index (χ4n) is 2.77. The van der Waals surface area contributed by atoms with Crippen LogP contribution in [-0.2, 0) is 0 Å². The molecule has 0 bridgehead atoms. The first-order chi connectivity index (χ1) is 13.0. The van der Waals surface area contributed by atoms with Gasteiger partial charge < -0.3 is 10.4 Å². The number of benzene rings is 2. The fourth-order valence-corrected chi connectivity index (χ4v) is 3.32. The Balaban J connectivity index is 2.11. The maximum atomic E-state index is 11.1. The molecular formula is C22H20ClN2OS+. The molecule has 3 rings (SSSR count). The molecule has 27 heavy (non-hydrogen) atoms. The van der Waals surface area contributed by atoms with Gasteiger partial charge in [-0.2, -0.15) is 4.57 Å². The number of aryl methyl sites for hydroxylation is 2. The van der Waals surface area contributed by atoms with Crippen molar-refractivity contribution in [3.8, 4) is 0 Å². The summed E-state index contributed by atoms with van der Waals surface area (Å²) in [6.07, 6.45) is 3.76. The third-order valence-electron chi connectivity index (χ3n) is 4.05. The number of aliphatic hydroxyl groups is 1. The van der Waals surface area contributed by atoms with Gasteiger partial charge in [-0.15, -0.1) is 0 Å². The molecule has 0 aliphatic carbocycles. The standard InChI is InChI=1S/C22H19ClN2OS/c1-15-7-5-9-17(13-15)24-22(27)20(25-12-6-8-16(2)14-25)21(26)18-10-3-4-11-19(18)23/h3-14H,1-2H3,(H-,24,26,27)/p+1. The molecule has 2 aromatic carbocycles. The van der Waals surface area contributed by atoms with Crippen molar-refractivity contribution >= 4 is 46.0 Å². The Hall–Kier alpha value is -2.69. The van der Waals surface area contributed by atoms with Crippen LogP contribution in [-0.4, -0.2) is 10.1 Å². The van der Waals surface area contributed by atoms with Crippen LogP contribution in [0.3, 0.4) is 0 Å². The van der Waals surface area contributed by atoms with Gasteiger partial charge in [-0.25, -0.2) is 0 Å². The number of rotatable bonds is 4. The molecule has 0 unspecified atom stereocenters. The molecule has 1 aromatic heterocycles. The molecule has 0 aliphatic rings. The van der Waals surface area contributed by atoms with E-state index in [1.165, 1.54) is 0 Å². The molecule has 3 nitrogen and oxygen atoms in total. The normalized spacial score (nSPS) is 11.7. The number of hydrogen-bond donors (Lipinski definition) is 2. The third-order valence-corrected chi connectivity index (χ3v) is 4.68. The summed E-state index contributed by atoms with van der Waals surface area (Å²) in [6, 6.07) is 18.9. The first-order valence-electron chi connectivity index (χ1n) is 8.50. The maximum Gasteiger partial charge on any atom is 0.288 e. The van der Waals surface area contributed by atoms with Crippen molar-refractivity contribution < 1.29 is 9.67 Å². The van der Waals surface area contributed by atoms with Gasteiger partial charge in [0.1, 0.15) is 0 Å². The Labute approximate surface area is 169 Å². The van der Waals surface area contributed by atoms with Crippen LogP contribution < -0.4 is 9.88 Å². The van der Waals surface area contributed by atoms with Crippen molar-refractivity contribution in [3.05, 3.63) is 94.8 Å². The van der Waals surface area contributed by atoms with Gasteiger partial charge in [-0.1, -0.05) is 48.1 Å². The second kappa shape index (κ2) is 8.33. The lowest BCUT2D eigenvalue weighted by atomic mass is 10.1. The highest BCUT2D eigenvalue weighted by atomic mass is 35.5. The minimum absolute atomic E-state index is 0.0151. The van der Waals surface area contributed by atoms with Crippen molar-refractivity contribution in [2.75, 3.05) is 5.32 Å². The predicted octanol–water partition coefficient (Wildman–Crippen LogP) is 5.57. The van der Waals surface area contributed by atoms with Crippen molar-refractivity contribution in [1.82, 2.24) is 0 Å². The lowest BCUT2D eigenvalue weighted by Crippen LogP contribution is -2.38. The van der Waals surface area contributed by atoms with Gasteiger partial charge in [-0.3, -0.25) is 0 Å². The van der Waals surface area contributed by atoms with Gasteiger partial charge in [0.2, 0.25) is 5.76 Å². The van der Waals surface area contributed by atoms with E-state index in [4.69, 9.17) is 23.8 Å². The maximum absolute atomic E-state index is 11.1. The minimum Gasteiger partial charge on any atom is -0.502 e. The van der Waals surface area contributed by atoms with E-state index in [0.717, 1.165) is 16.8 Å². The number of hydrogen-bond acceptors (Lipinski definition) is 2.